The maximum Gasteiger partial charge on any atom is 0.259 e. The highest BCUT2D eigenvalue weighted by atomic mass is 32.1. The molecule has 0 bridgehead atoms. The number of ether oxygens (including phenoxy) is 1. The van der Waals surface area contributed by atoms with E-state index in [1.54, 1.807) is 13.8 Å². The second kappa shape index (κ2) is 6.61. The van der Waals surface area contributed by atoms with Crippen molar-refractivity contribution < 1.29 is 13.9 Å². The lowest BCUT2D eigenvalue weighted by Gasteiger charge is -2.15. The molecule has 0 saturated carbocycles. The van der Waals surface area contributed by atoms with Gasteiger partial charge < -0.3 is 15.8 Å². The van der Waals surface area contributed by atoms with Crippen molar-refractivity contribution in [2.45, 2.75) is 20.1 Å². The number of primary amides is 1. The summed E-state index contributed by atoms with van der Waals surface area (Å²) in [7, 11) is 0. The number of halogens is 1. The average Bonchev–Trinajstić information content (AvgIpc) is 2.88. The molecule has 0 aliphatic carbocycles. The summed E-state index contributed by atoms with van der Waals surface area (Å²) in [6.45, 7) is 3.41. The molecule has 0 aliphatic heterocycles. The Hall–Kier alpha value is -2.78. The van der Waals surface area contributed by atoms with Gasteiger partial charge in [0.2, 0.25) is 0 Å². The number of nitrogens with zero attached hydrogens (tertiary/aromatic N) is 2. The first kappa shape index (κ1) is 17.1. The first-order chi connectivity index (χ1) is 11.9. The molecule has 5 N–H and O–H groups in total. The number of hydrogen-bond acceptors (Lipinski definition) is 7. The highest BCUT2D eigenvalue weighted by molar-refractivity contribution is 7.20. The van der Waals surface area contributed by atoms with Crippen molar-refractivity contribution in [2.75, 3.05) is 5.32 Å². The van der Waals surface area contributed by atoms with Crippen molar-refractivity contribution in [3.05, 3.63) is 40.8 Å². The summed E-state index contributed by atoms with van der Waals surface area (Å²) >= 11 is 1.20. The molecule has 2 aromatic heterocycles. The van der Waals surface area contributed by atoms with Crippen LogP contribution in [-0.4, -0.2) is 22.1 Å². The number of rotatable bonds is 5. The SMILES string of the molecule is Cc1c(C(N)=O)sc2ncnc(Nc3ccc(F)cc3OC(C)N)c12. The minimum atomic E-state index is -0.614. The Morgan fingerprint density at radius 2 is 2.16 bits per heavy atom. The fraction of sp³-hybridized carbons (Fsp3) is 0.188. The third-order valence-electron chi connectivity index (χ3n) is 3.46. The third kappa shape index (κ3) is 3.37. The number of thiophene rings is 1. The van der Waals surface area contributed by atoms with Crippen LogP contribution in [0, 0.1) is 12.7 Å². The van der Waals surface area contributed by atoms with Gasteiger partial charge in [0.1, 0.15) is 34.8 Å². The van der Waals surface area contributed by atoms with Crippen LogP contribution in [0.1, 0.15) is 22.2 Å². The number of fused-ring (bicyclic) bond motifs is 1. The molecule has 1 aromatic carbocycles. The number of carbonyl (C=O) groups excluding carboxylic acids is 1. The Balaban J connectivity index is 2.08. The molecule has 130 valence electrons. The van der Waals surface area contributed by atoms with E-state index in [1.807, 2.05) is 0 Å². The first-order valence-electron chi connectivity index (χ1n) is 7.39. The Morgan fingerprint density at radius 1 is 1.40 bits per heavy atom. The molecule has 1 atom stereocenters. The van der Waals surface area contributed by atoms with E-state index in [2.05, 4.69) is 15.3 Å². The predicted octanol–water partition coefficient (Wildman–Crippen LogP) is 2.66. The number of aromatic nitrogens is 2. The number of hydrogen-bond donors (Lipinski definition) is 3. The van der Waals surface area contributed by atoms with Gasteiger partial charge in [0.05, 0.1) is 16.0 Å². The van der Waals surface area contributed by atoms with Crippen molar-refractivity contribution in [1.29, 1.82) is 0 Å². The van der Waals surface area contributed by atoms with Crippen LogP contribution >= 0.6 is 11.3 Å². The number of nitrogens with two attached hydrogens (primary N) is 2. The Kier molecular flexibility index (Phi) is 4.51. The highest BCUT2D eigenvalue weighted by Crippen LogP contribution is 2.36. The molecule has 0 radical (unpaired) electrons. The van der Waals surface area contributed by atoms with Crippen LogP contribution < -0.4 is 21.5 Å². The van der Waals surface area contributed by atoms with Gasteiger partial charge in [0.15, 0.2) is 0 Å². The van der Waals surface area contributed by atoms with Gasteiger partial charge in [-0.2, -0.15) is 0 Å². The third-order valence-corrected chi connectivity index (χ3v) is 4.67. The van der Waals surface area contributed by atoms with Crippen LogP contribution in [0.15, 0.2) is 24.5 Å². The maximum absolute atomic E-state index is 13.5. The van der Waals surface area contributed by atoms with Crippen molar-refractivity contribution in [3.8, 4) is 5.75 Å². The normalized spacial score (nSPS) is 12.2. The summed E-state index contributed by atoms with van der Waals surface area (Å²) in [5, 5.41) is 3.78. The molecule has 3 rings (SSSR count). The molecule has 0 aliphatic rings. The summed E-state index contributed by atoms with van der Waals surface area (Å²) < 4.78 is 19.0. The number of anilines is 2. The van der Waals surface area contributed by atoms with Crippen LogP contribution in [0.4, 0.5) is 15.9 Å². The van der Waals surface area contributed by atoms with Gasteiger partial charge in [0, 0.05) is 6.07 Å². The molecule has 0 fully saturated rings. The quantitative estimate of drug-likeness (QED) is 0.602. The number of benzene rings is 1. The van der Waals surface area contributed by atoms with Crippen LogP contribution in [-0.2, 0) is 0 Å². The van der Waals surface area contributed by atoms with Crippen LogP contribution in [0.25, 0.3) is 10.2 Å². The smallest absolute Gasteiger partial charge is 0.259 e. The molecule has 0 saturated heterocycles. The Morgan fingerprint density at radius 3 is 2.84 bits per heavy atom. The summed E-state index contributed by atoms with van der Waals surface area (Å²) in [6.07, 6.45) is 0.762. The average molecular weight is 361 g/mol. The van der Waals surface area contributed by atoms with E-state index in [0.29, 0.717) is 32.2 Å². The number of nitrogens with one attached hydrogen (secondary N) is 1. The molecule has 2 heterocycles. The van der Waals surface area contributed by atoms with E-state index in [9.17, 15) is 9.18 Å². The van der Waals surface area contributed by atoms with Crippen molar-refractivity contribution in [2.24, 2.45) is 11.5 Å². The summed E-state index contributed by atoms with van der Waals surface area (Å²) in [5.74, 6) is -0.247. The van der Waals surface area contributed by atoms with Crippen LogP contribution in [0.5, 0.6) is 5.75 Å². The molecule has 1 amide bonds. The van der Waals surface area contributed by atoms with E-state index in [4.69, 9.17) is 16.2 Å². The van der Waals surface area contributed by atoms with Gasteiger partial charge in [-0.15, -0.1) is 11.3 Å². The molecule has 0 spiro atoms. The topological polar surface area (TPSA) is 116 Å². The lowest BCUT2D eigenvalue weighted by atomic mass is 10.2. The first-order valence-corrected chi connectivity index (χ1v) is 8.21. The fourth-order valence-corrected chi connectivity index (χ4v) is 3.43. The second-order valence-corrected chi connectivity index (χ2v) is 6.41. The van der Waals surface area contributed by atoms with E-state index in [1.165, 1.54) is 35.9 Å². The van der Waals surface area contributed by atoms with Gasteiger partial charge in [0.25, 0.3) is 5.91 Å². The van der Waals surface area contributed by atoms with E-state index in [-0.39, 0.29) is 5.75 Å². The lowest BCUT2D eigenvalue weighted by Crippen LogP contribution is -2.23. The van der Waals surface area contributed by atoms with E-state index < -0.39 is 18.0 Å². The van der Waals surface area contributed by atoms with Crippen LogP contribution in [0.2, 0.25) is 0 Å². The molecule has 1 unspecified atom stereocenters. The van der Waals surface area contributed by atoms with Crippen molar-refractivity contribution in [3.63, 3.8) is 0 Å². The standard InChI is InChI=1S/C16H16FN5O2S/c1-7-12-15(20-6-21-16(12)25-13(7)14(19)23)22-10-4-3-9(17)5-11(10)24-8(2)18/h3-6,8H,18H2,1-2H3,(H2,19,23)(H,20,21,22). The minimum Gasteiger partial charge on any atom is -0.474 e. The van der Waals surface area contributed by atoms with Crippen molar-refractivity contribution in [1.82, 2.24) is 9.97 Å². The highest BCUT2D eigenvalue weighted by Gasteiger charge is 2.18. The molecule has 7 nitrogen and oxygen atoms in total. The monoisotopic (exact) mass is 361 g/mol. The zero-order valence-electron chi connectivity index (χ0n) is 13.5. The molecular formula is C16H16FN5O2S. The summed E-state index contributed by atoms with van der Waals surface area (Å²) in [5.41, 5.74) is 12.2. The van der Waals surface area contributed by atoms with Gasteiger partial charge in [-0.05, 0) is 31.5 Å². The fourth-order valence-electron chi connectivity index (χ4n) is 2.43. The number of amides is 1. The predicted molar refractivity (Wildman–Crippen MR) is 94.6 cm³/mol. The molecule has 9 heteroatoms. The zero-order valence-corrected chi connectivity index (χ0v) is 14.4. The number of aryl methyl sites for hydroxylation is 1. The lowest BCUT2D eigenvalue weighted by molar-refractivity contribution is 0.100. The Labute approximate surface area is 146 Å². The van der Waals surface area contributed by atoms with Crippen LogP contribution in [0.3, 0.4) is 0 Å². The zero-order chi connectivity index (χ0) is 18.1. The molecule has 25 heavy (non-hydrogen) atoms. The molecule has 3 aromatic rings. The van der Waals surface area contributed by atoms with Gasteiger partial charge in [-0.25, -0.2) is 14.4 Å². The summed E-state index contributed by atoms with van der Waals surface area (Å²) in [4.78, 5) is 21.0. The van der Waals surface area contributed by atoms with Gasteiger partial charge in [-0.3, -0.25) is 10.5 Å². The largest absolute Gasteiger partial charge is 0.474 e. The second-order valence-electron chi connectivity index (χ2n) is 5.41. The Bertz CT molecular complexity index is 957. The van der Waals surface area contributed by atoms with Gasteiger partial charge in [-0.1, -0.05) is 0 Å². The molecular weight excluding hydrogens is 345 g/mol. The maximum atomic E-state index is 13.5. The van der Waals surface area contributed by atoms with Crippen molar-refractivity contribution >= 4 is 39.0 Å². The minimum absolute atomic E-state index is 0.254. The van der Waals surface area contributed by atoms with E-state index in [0.717, 1.165) is 0 Å². The summed E-state index contributed by atoms with van der Waals surface area (Å²) in [6, 6.07) is 4.06. The van der Waals surface area contributed by atoms with E-state index >= 15 is 0 Å². The van der Waals surface area contributed by atoms with Gasteiger partial charge >= 0.3 is 0 Å². The number of carbonyl (C=O) groups is 1.